The molecule has 3 unspecified atom stereocenters. The third-order valence-corrected chi connectivity index (χ3v) is 17.0. The normalized spacial score (nSPS) is 13.9. The number of aliphatic hydroxyl groups excluding tert-OH is 1. The first-order chi connectivity index (χ1) is 38.5. The Morgan fingerprint density at radius 3 is 1.03 bits per heavy atom. The first kappa shape index (κ1) is 77.7. The quantitative estimate of drug-likeness (QED) is 0.0272. The van der Waals surface area contributed by atoms with Crippen LogP contribution in [0.5, 0.6) is 0 Å². The Morgan fingerprint density at radius 1 is 0.430 bits per heavy atom. The molecule has 0 saturated carbocycles. The fourth-order valence-electron chi connectivity index (χ4n) is 10.6. The number of nitrogens with one attached hydrogen (secondary N) is 1. The van der Waals surface area contributed by atoms with E-state index >= 15 is 0 Å². The number of carbonyl (C=O) groups is 1. The zero-order chi connectivity index (χ0) is 57.7. The Labute approximate surface area is 493 Å². The second kappa shape index (κ2) is 61.3. The zero-order valence-corrected chi connectivity index (χ0v) is 54.5. The standard InChI is InChI=1S/C70H137N2O6P/c1-6-8-10-12-14-16-18-20-22-24-25-26-27-28-29-30-31-32-33-34-35-36-37-38-39-40-41-42-43-44-45-46-47-48-50-52-54-56-58-60-62-64-70(74)71-68(67-78-79(75,76)77-66-65-72(3,4)5)69(73)63-61-59-57-55-53-51-49-23-21-19-17-15-13-11-9-7-2/h24-25,53,55,61,63,68-69,73H,6-23,26-52,54,56-60,62,64-67H2,1-5H3,(H-,71,74,75,76)/b25-24-,55-53+,63-61+. The third-order valence-electron chi connectivity index (χ3n) is 16.1. The highest BCUT2D eigenvalue weighted by Gasteiger charge is 2.23. The average molecular weight is 1130 g/mol. The number of quaternary nitrogens is 1. The van der Waals surface area contributed by atoms with Gasteiger partial charge in [0.2, 0.25) is 5.91 Å². The zero-order valence-electron chi connectivity index (χ0n) is 53.6. The number of amides is 1. The number of allylic oxidation sites excluding steroid dienone is 5. The SMILES string of the molecule is CCCCCCCCCC/C=C\CCCCCCCCCCCCCCCCCCCCCCCCCCCCCCCC(=O)NC(COP(=O)([O-])OCC[N+](C)(C)C)C(O)/C=C/CC/C=C/CCCCCCCCCCCC. The minimum absolute atomic E-state index is 0.00430. The first-order valence-electron chi connectivity index (χ1n) is 34.9. The van der Waals surface area contributed by atoms with E-state index in [1.807, 2.05) is 27.2 Å². The molecule has 0 aromatic heterocycles. The number of hydrogen-bond acceptors (Lipinski definition) is 6. The van der Waals surface area contributed by atoms with Gasteiger partial charge in [-0.25, -0.2) is 0 Å². The summed E-state index contributed by atoms with van der Waals surface area (Å²) in [5.41, 5.74) is 0. The summed E-state index contributed by atoms with van der Waals surface area (Å²) in [6.45, 7) is 4.67. The predicted octanol–water partition coefficient (Wildman–Crippen LogP) is 21.4. The highest BCUT2D eigenvalue weighted by molar-refractivity contribution is 7.45. The Morgan fingerprint density at radius 2 is 0.709 bits per heavy atom. The molecule has 8 nitrogen and oxygen atoms in total. The molecule has 0 saturated heterocycles. The summed E-state index contributed by atoms with van der Waals surface area (Å²) in [6, 6.07) is -0.901. The van der Waals surface area contributed by atoms with E-state index in [-0.39, 0.29) is 19.1 Å². The average Bonchev–Trinajstić information content (AvgIpc) is 3.42. The molecular formula is C70H137N2O6P. The molecule has 9 heteroatoms. The van der Waals surface area contributed by atoms with Crippen molar-refractivity contribution in [3.63, 3.8) is 0 Å². The second-order valence-electron chi connectivity index (χ2n) is 25.2. The molecule has 0 aromatic carbocycles. The van der Waals surface area contributed by atoms with E-state index in [4.69, 9.17) is 9.05 Å². The highest BCUT2D eigenvalue weighted by atomic mass is 31.2. The molecule has 0 rings (SSSR count). The molecule has 0 aliphatic rings. The van der Waals surface area contributed by atoms with Crippen LogP contribution in [0.2, 0.25) is 0 Å². The van der Waals surface area contributed by atoms with Gasteiger partial charge >= 0.3 is 0 Å². The fourth-order valence-corrected chi connectivity index (χ4v) is 11.4. The molecule has 0 aliphatic heterocycles. The van der Waals surface area contributed by atoms with E-state index in [9.17, 15) is 19.4 Å². The van der Waals surface area contributed by atoms with Gasteiger partial charge < -0.3 is 28.8 Å². The summed E-state index contributed by atoms with van der Waals surface area (Å²) in [5, 5.41) is 13.9. The van der Waals surface area contributed by atoms with Gasteiger partial charge in [-0.2, -0.15) is 0 Å². The van der Waals surface area contributed by atoms with E-state index in [1.54, 1.807) is 6.08 Å². The number of rotatable bonds is 65. The van der Waals surface area contributed by atoms with Crippen molar-refractivity contribution in [1.82, 2.24) is 5.32 Å². The van der Waals surface area contributed by atoms with Crippen LogP contribution in [0.25, 0.3) is 0 Å². The Kier molecular flexibility index (Phi) is 60.3. The van der Waals surface area contributed by atoms with Crippen LogP contribution in [0, 0.1) is 0 Å². The Bertz CT molecular complexity index is 1380. The molecule has 0 aliphatic carbocycles. The lowest BCUT2D eigenvalue weighted by atomic mass is 10.0. The van der Waals surface area contributed by atoms with Crippen LogP contribution in [0.15, 0.2) is 36.5 Å². The second-order valence-corrected chi connectivity index (χ2v) is 26.6. The van der Waals surface area contributed by atoms with Gasteiger partial charge in [-0.05, 0) is 57.8 Å². The van der Waals surface area contributed by atoms with Crippen molar-refractivity contribution in [1.29, 1.82) is 0 Å². The summed E-state index contributed by atoms with van der Waals surface area (Å²) in [6.07, 6.45) is 81.5. The maximum Gasteiger partial charge on any atom is 0.268 e. The highest BCUT2D eigenvalue weighted by Crippen LogP contribution is 2.38. The number of hydrogen-bond donors (Lipinski definition) is 2. The number of likely N-dealkylation sites (N-methyl/N-ethyl adjacent to an activating group) is 1. The molecule has 0 fully saturated rings. The molecule has 0 aromatic rings. The molecule has 1 amide bonds. The van der Waals surface area contributed by atoms with Crippen molar-refractivity contribution in [3.05, 3.63) is 36.5 Å². The Balaban J connectivity index is 3.86. The van der Waals surface area contributed by atoms with Crippen LogP contribution in [-0.4, -0.2) is 68.5 Å². The molecule has 2 N–H and O–H groups in total. The van der Waals surface area contributed by atoms with Gasteiger partial charge in [0.1, 0.15) is 13.2 Å². The van der Waals surface area contributed by atoms with Gasteiger partial charge in [0.05, 0.1) is 39.9 Å². The molecule has 79 heavy (non-hydrogen) atoms. The van der Waals surface area contributed by atoms with Gasteiger partial charge in [-0.1, -0.05) is 326 Å². The number of carbonyl (C=O) groups excluding carboxylic acids is 1. The van der Waals surface area contributed by atoms with E-state index in [2.05, 4.69) is 43.5 Å². The summed E-state index contributed by atoms with van der Waals surface area (Å²) in [7, 11) is 1.26. The van der Waals surface area contributed by atoms with E-state index in [0.717, 1.165) is 38.5 Å². The molecule has 468 valence electrons. The minimum atomic E-state index is -4.60. The van der Waals surface area contributed by atoms with Crippen LogP contribution in [-0.2, 0) is 18.4 Å². The molecule has 0 bridgehead atoms. The van der Waals surface area contributed by atoms with Gasteiger partial charge in [-0.3, -0.25) is 9.36 Å². The lowest BCUT2D eigenvalue weighted by molar-refractivity contribution is -0.870. The number of unbranched alkanes of at least 4 members (excludes halogenated alkanes) is 48. The number of nitrogens with zero attached hydrogens (tertiary/aromatic N) is 1. The van der Waals surface area contributed by atoms with Gasteiger partial charge in [0, 0.05) is 6.42 Å². The largest absolute Gasteiger partial charge is 0.756 e. The number of phosphoric ester groups is 1. The molecule has 0 radical (unpaired) electrons. The van der Waals surface area contributed by atoms with Crippen LogP contribution in [0.3, 0.4) is 0 Å². The molecule has 0 spiro atoms. The van der Waals surface area contributed by atoms with Crippen LogP contribution < -0.4 is 10.2 Å². The van der Waals surface area contributed by atoms with Gasteiger partial charge in [0.25, 0.3) is 7.82 Å². The van der Waals surface area contributed by atoms with Crippen molar-refractivity contribution in [2.75, 3.05) is 40.9 Å². The first-order valence-corrected chi connectivity index (χ1v) is 36.3. The van der Waals surface area contributed by atoms with Gasteiger partial charge in [-0.15, -0.1) is 0 Å². The van der Waals surface area contributed by atoms with Crippen molar-refractivity contribution in [3.8, 4) is 0 Å². The monoisotopic (exact) mass is 1130 g/mol. The smallest absolute Gasteiger partial charge is 0.268 e. The summed E-state index contributed by atoms with van der Waals surface area (Å²) in [4.78, 5) is 25.5. The van der Waals surface area contributed by atoms with Crippen molar-refractivity contribution in [2.24, 2.45) is 0 Å². The Hall–Kier alpha value is -1.28. The lowest BCUT2D eigenvalue weighted by Gasteiger charge is -2.29. The third kappa shape index (κ3) is 64.1. The van der Waals surface area contributed by atoms with Crippen molar-refractivity contribution in [2.45, 2.75) is 366 Å². The predicted molar refractivity (Wildman–Crippen MR) is 344 cm³/mol. The van der Waals surface area contributed by atoms with E-state index < -0.39 is 20.0 Å². The van der Waals surface area contributed by atoms with Crippen molar-refractivity contribution < 1.29 is 32.9 Å². The summed E-state index contributed by atoms with van der Waals surface area (Å²) >= 11 is 0. The summed E-state index contributed by atoms with van der Waals surface area (Å²) < 4.78 is 23.4. The maximum atomic E-state index is 13.0. The van der Waals surface area contributed by atoms with Gasteiger partial charge in [0.15, 0.2) is 0 Å². The molecule has 3 atom stereocenters. The lowest BCUT2D eigenvalue weighted by Crippen LogP contribution is -2.45. The molecular weight excluding hydrogens is 996 g/mol. The summed E-state index contributed by atoms with van der Waals surface area (Å²) in [5.74, 6) is -0.201. The van der Waals surface area contributed by atoms with Crippen LogP contribution in [0.4, 0.5) is 0 Å². The van der Waals surface area contributed by atoms with Crippen LogP contribution >= 0.6 is 7.82 Å². The minimum Gasteiger partial charge on any atom is -0.756 e. The number of phosphoric acid groups is 1. The van der Waals surface area contributed by atoms with Crippen molar-refractivity contribution >= 4 is 13.7 Å². The number of aliphatic hydroxyl groups is 1. The van der Waals surface area contributed by atoms with Crippen LogP contribution in [0.1, 0.15) is 354 Å². The molecule has 0 heterocycles. The van der Waals surface area contributed by atoms with E-state index in [0.29, 0.717) is 17.4 Å². The maximum absolute atomic E-state index is 13.0. The topological polar surface area (TPSA) is 108 Å². The van der Waals surface area contributed by atoms with E-state index in [1.165, 1.54) is 295 Å². The fraction of sp³-hybridized carbons (Fsp3) is 0.900.